The number of nitrogens with zero attached hydrogens (tertiary/aromatic N) is 1. The Morgan fingerprint density at radius 1 is 1.50 bits per heavy atom. The van der Waals surface area contributed by atoms with Gasteiger partial charge in [-0.2, -0.15) is 0 Å². The Kier molecular flexibility index (Phi) is 3.94. The number of esters is 1. The van der Waals surface area contributed by atoms with E-state index in [1.807, 2.05) is 12.1 Å². The summed E-state index contributed by atoms with van der Waals surface area (Å²) in [5.74, 6) is -0.293. The lowest BCUT2D eigenvalue weighted by Crippen LogP contribution is -2.47. The average molecular weight is 248 g/mol. The van der Waals surface area contributed by atoms with E-state index in [-0.39, 0.29) is 11.9 Å². The van der Waals surface area contributed by atoms with Gasteiger partial charge in [0, 0.05) is 19.6 Å². The summed E-state index contributed by atoms with van der Waals surface area (Å²) in [7, 11) is 1.37. The maximum atomic E-state index is 11.4. The lowest BCUT2D eigenvalue weighted by atomic mass is 10.1. The van der Waals surface area contributed by atoms with E-state index in [1.165, 1.54) is 7.11 Å². The standard InChI is InChI=1S/C13H16N2O3/c1-18-13(17)11-4-2-3-10(7-11)8-15-6-5-14-12(16)9-15/h2-4,7H,5-6,8-9H2,1H3,(H,14,16). The number of hydrogen-bond donors (Lipinski definition) is 1. The zero-order chi connectivity index (χ0) is 13.0. The summed E-state index contributed by atoms with van der Waals surface area (Å²) in [6.07, 6.45) is 0. The van der Waals surface area contributed by atoms with Gasteiger partial charge in [0.1, 0.15) is 0 Å². The lowest BCUT2D eigenvalue weighted by molar-refractivity contribution is -0.124. The summed E-state index contributed by atoms with van der Waals surface area (Å²) in [4.78, 5) is 24.7. The largest absolute Gasteiger partial charge is 0.465 e. The van der Waals surface area contributed by atoms with Crippen LogP contribution in [0.4, 0.5) is 0 Å². The van der Waals surface area contributed by atoms with Gasteiger partial charge in [-0.15, -0.1) is 0 Å². The minimum atomic E-state index is -0.340. The first-order valence-electron chi connectivity index (χ1n) is 5.85. The Morgan fingerprint density at radius 2 is 2.33 bits per heavy atom. The van der Waals surface area contributed by atoms with Crippen molar-refractivity contribution in [2.75, 3.05) is 26.7 Å². The van der Waals surface area contributed by atoms with Gasteiger partial charge in [-0.3, -0.25) is 9.69 Å². The molecule has 1 amide bonds. The van der Waals surface area contributed by atoms with Crippen molar-refractivity contribution < 1.29 is 14.3 Å². The van der Waals surface area contributed by atoms with Crippen LogP contribution in [-0.2, 0) is 16.1 Å². The molecule has 1 heterocycles. The van der Waals surface area contributed by atoms with Gasteiger partial charge in [0.05, 0.1) is 19.2 Å². The number of ether oxygens (including phenoxy) is 1. The van der Waals surface area contributed by atoms with Crippen LogP contribution in [0.5, 0.6) is 0 Å². The number of rotatable bonds is 3. The normalized spacial score (nSPS) is 16.2. The van der Waals surface area contributed by atoms with Crippen LogP contribution in [0.2, 0.25) is 0 Å². The van der Waals surface area contributed by atoms with Crippen molar-refractivity contribution in [2.24, 2.45) is 0 Å². The van der Waals surface area contributed by atoms with Crippen molar-refractivity contribution in [3.8, 4) is 0 Å². The molecule has 1 aromatic carbocycles. The number of carbonyl (C=O) groups excluding carboxylic acids is 2. The van der Waals surface area contributed by atoms with Crippen LogP contribution in [0.15, 0.2) is 24.3 Å². The van der Waals surface area contributed by atoms with Crippen LogP contribution in [0.25, 0.3) is 0 Å². The quantitative estimate of drug-likeness (QED) is 0.787. The molecule has 0 aliphatic carbocycles. The van der Waals surface area contributed by atoms with E-state index >= 15 is 0 Å². The molecule has 2 rings (SSSR count). The summed E-state index contributed by atoms with van der Waals surface area (Å²) in [6, 6.07) is 7.29. The van der Waals surface area contributed by atoms with Crippen molar-refractivity contribution in [1.82, 2.24) is 10.2 Å². The fraction of sp³-hybridized carbons (Fsp3) is 0.385. The van der Waals surface area contributed by atoms with Gasteiger partial charge in [-0.05, 0) is 17.7 Å². The first-order chi connectivity index (χ1) is 8.69. The molecule has 0 aromatic heterocycles. The molecule has 0 bridgehead atoms. The molecule has 96 valence electrons. The van der Waals surface area contributed by atoms with Gasteiger partial charge < -0.3 is 10.1 Å². The molecule has 0 unspecified atom stereocenters. The van der Waals surface area contributed by atoms with E-state index in [1.54, 1.807) is 12.1 Å². The maximum absolute atomic E-state index is 11.4. The Hall–Kier alpha value is -1.88. The van der Waals surface area contributed by atoms with Gasteiger partial charge in [-0.25, -0.2) is 4.79 Å². The van der Waals surface area contributed by atoms with Crippen molar-refractivity contribution >= 4 is 11.9 Å². The first-order valence-corrected chi connectivity index (χ1v) is 5.85. The highest BCUT2D eigenvalue weighted by atomic mass is 16.5. The second-order valence-corrected chi connectivity index (χ2v) is 4.25. The average Bonchev–Trinajstić information content (AvgIpc) is 2.38. The smallest absolute Gasteiger partial charge is 0.337 e. The molecule has 18 heavy (non-hydrogen) atoms. The lowest BCUT2D eigenvalue weighted by Gasteiger charge is -2.26. The van der Waals surface area contributed by atoms with Crippen molar-refractivity contribution in [2.45, 2.75) is 6.54 Å². The molecule has 1 aliphatic rings. The highest BCUT2D eigenvalue weighted by Gasteiger charge is 2.16. The van der Waals surface area contributed by atoms with E-state index in [4.69, 9.17) is 0 Å². The molecule has 0 radical (unpaired) electrons. The molecule has 5 nitrogen and oxygen atoms in total. The number of hydrogen-bond acceptors (Lipinski definition) is 4. The minimum Gasteiger partial charge on any atom is -0.465 e. The number of amides is 1. The Bertz CT molecular complexity index is 459. The van der Waals surface area contributed by atoms with Gasteiger partial charge >= 0.3 is 5.97 Å². The zero-order valence-corrected chi connectivity index (χ0v) is 10.3. The molecule has 0 saturated carbocycles. The van der Waals surface area contributed by atoms with E-state index in [0.29, 0.717) is 25.2 Å². The number of methoxy groups -OCH3 is 1. The molecule has 0 atom stereocenters. The van der Waals surface area contributed by atoms with Crippen molar-refractivity contribution in [1.29, 1.82) is 0 Å². The summed E-state index contributed by atoms with van der Waals surface area (Å²) >= 11 is 0. The topological polar surface area (TPSA) is 58.6 Å². The monoisotopic (exact) mass is 248 g/mol. The third kappa shape index (κ3) is 3.07. The molecule has 1 N–H and O–H groups in total. The summed E-state index contributed by atoms with van der Waals surface area (Å²) in [5, 5.41) is 2.78. The highest BCUT2D eigenvalue weighted by molar-refractivity contribution is 5.89. The van der Waals surface area contributed by atoms with Gasteiger partial charge in [-0.1, -0.05) is 12.1 Å². The molecule has 1 aromatic rings. The van der Waals surface area contributed by atoms with Crippen LogP contribution < -0.4 is 5.32 Å². The highest BCUT2D eigenvalue weighted by Crippen LogP contribution is 2.10. The number of benzene rings is 1. The van der Waals surface area contributed by atoms with E-state index in [0.717, 1.165) is 12.1 Å². The molecule has 1 aliphatic heterocycles. The van der Waals surface area contributed by atoms with Gasteiger partial charge in [0.2, 0.25) is 5.91 Å². The molecule has 0 spiro atoms. The molecule has 1 saturated heterocycles. The fourth-order valence-electron chi connectivity index (χ4n) is 2.00. The second kappa shape index (κ2) is 5.64. The molecular weight excluding hydrogens is 232 g/mol. The van der Waals surface area contributed by atoms with E-state index in [9.17, 15) is 9.59 Å². The third-order valence-corrected chi connectivity index (χ3v) is 2.87. The SMILES string of the molecule is COC(=O)c1cccc(CN2CCNC(=O)C2)c1. The van der Waals surface area contributed by atoms with Crippen LogP contribution in [-0.4, -0.2) is 43.5 Å². The van der Waals surface area contributed by atoms with Crippen LogP contribution in [0, 0.1) is 0 Å². The van der Waals surface area contributed by atoms with Gasteiger partial charge in [0.15, 0.2) is 0 Å². The predicted molar refractivity (Wildman–Crippen MR) is 66.1 cm³/mol. The maximum Gasteiger partial charge on any atom is 0.337 e. The summed E-state index contributed by atoms with van der Waals surface area (Å²) in [6.45, 7) is 2.57. The molecular formula is C13H16N2O3. The zero-order valence-electron chi connectivity index (χ0n) is 10.3. The second-order valence-electron chi connectivity index (χ2n) is 4.25. The number of carbonyl (C=O) groups is 2. The van der Waals surface area contributed by atoms with Crippen LogP contribution in [0.1, 0.15) is 15.9 Å². The number of piperazine rings is 1. The molecule has 1 fully saturated rings. The predicted octanol–water partition coefficient (Wildman–Crippen LogP) is 0.405. The Labute approximate surface area is 106 Å². The number of nitrogens with one attached hydrogen (secondary N) is 1. The van der Waals surface area contributed by atoms with E-state index in [2.05, 4.69) is 15.0 Å². The van der Waals surface area contributed by atoms with Gasteiger partial charge in [0.25, 0.3) is 0 Å². The summed E-state index contributed by atoms with van der Waals surface area (Å²) < 4.78 is 4.68. The van der Waals surface area contributed by atoms with Crippen molar-refractivity contribution in [3.63, 3.8) is 0 Å². The third-order valence-electron chi connectivity index (χ3n) is 2.87. The fourth-order valence-corrected chi connectivity index (χ4v) is 2.00. The minimum absolute atomic E-state index is 0.0466. The summed E-state index contributed by atoms with van der Waals surface area (Å²) in [5.41, 5.74) is 1.55. The van der Waals surface area contributed by atoms with Crippen LogP contribution >= 0.6 is 0 Å². The first kappa shape index (κ1) is 12.6. The van der Waals surface area contributed by atoms with Crippen molar-refractivity contribution in [3.05, 3.63) is 35.4 Å². The molecule has 5 heteroatoms. The Morgan fingerprint density at radius 3 is 3.06 bits per heavy atom. The van der Waals surface area contributed by atoms with E-state index < -0.39 is 0 Å². The Balaban J connectivity index is 2.04. The van der Waals surface area contributed by atoms with Crippen LogP contribution in [0.3, 0.4) is 0 Å².